The largest absolute Gasteiger partial charge is 0.508 e. The summed E-state index contributed by atoms with van der Waals surface area (Å²) in [4.78, 5) is 13.3. The van der Waals surface area contributed by atoms with Crippen LogP contribution in [0.15, 0.2) is 72.8 Å². The van der Waals surface area contributed by atoms with Crippen LogP contribution in [0.3, 0.4) is 0 Å². The molecule has 1 aliphatic rings. The zero-order valence-corrected chi connectivity index (χ0v) is 12.7. The lowest BCUT2D eigenvalue weighted by Crippen LogP contribution is -2.40. The van der Waals surface area contributed by atoms with Crippen LogP contribution in [-0.4, -0.2) is 16.0 Å². The van der Waals surface area contributed by atoms with E-state index in [0.717, 1.165) is 0 Å². The topological polar surface area (TPSA) is 69.6 Å². The molecule has 4 heteroatoms. The highest BCUT2D eigenvalue weighted by atomic mass is 16.3. The quantitative estimate of drug-likeness (QED) is 0.675. The Morgan fingerprint density at radius 2 is 1.21 bits per heavy atom. The number of aromatic hydroxyl groups is 2. The van der Waals surface area contributed by atoms with E-state index in [0.29, 0.717) is 22.4 Å². The van der Waals surface area contributed by atoms with Gasteiger partial charge in [0.2, 0.25) is 0 Å². The van der Waals surface area contributed by atoms with Crippen molar-refractivity contribution in [3.63, 3.8) is 0 Å². The fourth-order valence-electron chi connectivity index (χ4n) is 3.36. The van der Waals surface area contributed by atoms with E-state index in [4.69, 9.17) is 0 Å². The van der Waals surface area contributed by atoms with E-state index in [-0.39, 0.29) is 17.3 Å². The maximum Gasteiger partial charge on any atom is 0.199 e. The Morgan fingerprint density at radius 1 is 0.708 bits per heavy atom. The Labute approximate surface area is 139 Å². The second kappa shape index (κ2) is 5.13. The third-order valence-electron chi connectivity index (χ3n) is 4.45. The van der Waals surface area contributed by atoms with Gasteiger partial charge in [0.05, 0.1) is 0 Å². The summed E-state index contributed by atoms with van der Waals surface area (Å²) in [6.45, 7) is 0. The molecule has 3 N–H and O–H groups in total. The first-order valence-corrected chi connectivity index (χ1v) is 7.63. The molecule has 0 saturated heterocycles. The van der Waals surface area contributed by atoms with Crippen molar-refractivity contribution in [3.05, 3.63) is 89.5 Å². The Morgan fingerprint density at radius 3 is 1.75 bits per heavy atom. The smallest absolute Gasteiger partial charge is 0.199 e. The number of anilines is 1. The number of carbonyl (C=O) groups is 1. The molecule has 0 aliphatic carbocycles. The average Bonchev–Trinajstić information content (AvgIpc) is 2.90. The molecular weight excluding hydrogens is 302 g/mol. The van der Waals surface area contributed by atoms with Gasteiger partial charge in [0.25, 0.3) is 0 Å². The summed E-state index contributed by atoms with van der Waals surface area (Å²) in [6, 6.07) is 20.6. The first kappa shape index (κ1) is 14.3. The van der Waals surface area contributed by atoms with Crippen molar-refractivity contribution in [2.45, 2.75) is 5.54 Å². The molecule has 3 aromatic rings. The number of Topliss-reactive ketones (excluding diaryl/α,β-unsaturated/α-hetero) is 1. The van der Waals surface area contributed by atoms with Gasteiger partial charge >= 0.3 is 0 Å². The maximum absolute atomic E-state index is 13.3. The Bertz CT molecular complexity index is 903. The molecule has 0 bridgehead atoms. The number of para-hydroxylation sites is 3. The highest BCUT2D eigenvalue weighted by molar-refractivity contribution is 6.16. The van der Waals surface area contributed by atoms with Crippen molar-refractivity contribution < 1.29 is 15.0 Å². The fourth-order valence-corrected chi connectivity index (χ4v) is 3.36. The molecular formula is C20H15NO3. The number of phenols is 2. The predicted molar refractivity (Wildman–Crippen MR) is 91.4 cm³/mol. The number of fused-ring (bicyclic) bond motifs is 1. The van der Waals surface area contributed by atoms with Crippen molar-refractivity contribution in [2.75, 3.05) is 5.32 Å². The molecule has 3 aromatic carbocycles. The van der Waals surface area contributed by atoms with Gasteiger partial charge < -0.3 is 15.5 Å². The van der Waals surface area contributed by atoms with Crippen LogP contribution in [0.25, 0.3) is 0 Å². The summed E-state index contributed by atoms with van der Waals surface area (Å²) in [7, 11) is 0. The van der Waals surface area contributed by atoms with E-state index in [2.05, 4.69) is 5.32 Å². The van der Waals surface area contributed by atoms with Gasteiger partial charge in [-0.1, -0.05) is 48.5 Å². The van der Waals surface area contributed by atoms with E-state index in [1.54, 1.807) is 48.5 Å². The van der Waals surface area contributed by atoms with Crippen LogP contribution in [0.2, 0.25) is 0 Å². The van der Waals surface area contributed by atoms with E-state index in [9.17, 15) is 15.0 Å². The molecule has 0 saturated carbocycles. The van der Waals surface area contributed by atoms with Crippen LogP contribution >= 0.6 is 0 Å². The van der Waals surface area contributed by atoms with Crippen LogP contribution < -0.4 is 5.32 Å². The van der Waals surface area contributed by atoms with Crippen molar-refractivity contribution in [1.82, 2.24) is 0 Å². The minimum Gasteiger partial charge on any atom is -0.508 e. The predicted octanol–water partition coefficient (Wildman–Crippen LogP) is 3.65. The van der Waals surface area contributed by atoms with Gasteiger partial charge in [-0.25, -0.2) is 0 Å². The van der Waals surface area contributed by atoms with Crippen molar-refractivity contribution in [3.8, 4) is 11.5 Å². The average molecular weight is 317 g/mol. The van der Waals surface area contributed by atoms with Gasteiger partial charge in [0, 0.05) is 22.4 Å². The molecule has 1 heterocycles. The van der Waals surface area contributed by atoms with Gasteiger partial charge in [0.1, 0.15) is 11.5 Å². The molecule has 0 amide bonds. The minimum absolute atomic E-state index is 0.00518. The van der Waals surface area contributed by atoms with E-state index >= 15 is 0 Å². The molecule has 1 aliphatic heterocycles. The van der Waals surface area contributed by atoms with Gasteiger partial charge in [-0.15, -0.1) is 0 Å². The number of benzene rings is 3. The van der Waals surface area contributed by atoms with E-state index in [1.807, 2.05) is 12.1 Å². The number of hydrogen-bond acceptors (Lipinski definition) is 4. The number of ketones is 1. The van der Waals surface area contributed by atoms with Gasteiger partial charge in [-0.3, -0.25) is 4.79 Å². The molecule has 0 fully saturated rings. The van der Waals surface area contributed by atoms with Crippen LogP contribution in [0.4, 0.5) is 5.69 Å². The molecule has 0 radical (unpaired) electrons. The molecule has 24 heavy (non-hydrogen) atoms. The Kier molecular flexibility index (Phi) is 3.06. The highest BCUT2D eigenvalue weighted by Gasteiger charge is 2.50. The number of hydrogen-bond donors (Lipinski definition) is 3. The zero-order valence-electron chi connectivity index (χ0n) is 12.7. The van der Waals surface area contributed by atoms with Crippen LogP contribution in [0.5, 0.6) is 11.5 Å². The number of nitrogens with one attached hydrogen (secondary N) is 1. The molecule has 0 atom stereocenters. The summed E-state index contributed by atoms with van der Waals surface area (Å²) in [5.74, 6) is -0.218. The lowest BCUT2D eigenvalue weighted by Gasteiger charge is -2.31. The highest BCUT2D eigenvalue weighted by Crippen LogP contribution is 2.48. The molecule has 0 aromatic heterocycles. The van der Waals surface area contributed by atoms with Crippen molar-refractivity contribution in [1.29, 1.82) is 0 Å². The second-order valence-electron chi connectivity index (χ2n) is 5.78. The van der Waals surface area contributed by atoms with Crippen LogP contribution in [-0.2, 0) is 5.54 Å². The SMILES string of the molecule is O=C1c2ccccc2NC1(c1ccccc1O)c1ccccc1O. The van der Waals surface area contributed by atoms with Crippen LogP contribution in [0.1, 0.15) is 21.5 Å². The number of carbonyl (C=O) groups excluding carboxylic acids is 1. The zero-order chi connectivity index (χ0) is 16.7. The second-order valence-corrected chi connectivity index (χ2v) is 5.78. The summed E-state index contributed by atoms with van der Waals surface area (Å²) in [5, 5.41) is 24.1. The van der Waals surface area contributed by atoms with Gasteiger partial charge in [0.15, 0.2) is 11.3 Å². The summed E-state index contributed by atoms with van der Waals surface area (Å²) in [6.07, 6.45) is 0. The van der Waals surface area contributed by atoms with E-state index in [1.165, 1.54) is 12.1 Å². The lowest BCUT2D eigenvalue weighted by molar-refractivity contribution is 0.0937. The summed E-state index contributed by atoms with van der Waals surface area (Å²) in [5.41, 5.74) is 0.666. The number of rotatable bonds is 2. The summed E-state index contributed by atoms with van der Waals surface area (Å²) < 4.78 is 0. The van der Waals surface area contributed by atoms with Gasteiger partial charge in [-0.2, -0.15) is 0 Å². The fraction of sp³-hybridized carbons (Fsp3) is 0.0500. The van der Waals surface area contributed by atoms with Crippen LogP contribution in [0, 0.1) is 0 Å². The molecule has 118 valence electrons. The monoisotopic (exact) mass is 317 g/mol. The van der Waals surface area contributed by atoms with E-state index < -0.39 is 5.54 Å². The summed E-state index contributed by atoms with van der Waals surface area (Å²) >= 11 is 0. The lowest BCUT2D eigenvalue weighted by atomic mass is 9.78. The van der Waals surface area contributed by atoms with Crippen molar-refractivity contribution >= 4 is 11.5 Å². The normalized spacial score (nSPS) is 14.9. The molecule has 4 rings (SSSR count). The Hall–Kier alpha value is -3.27. The first-order chi connectivity index (χ1) is 11.6. The molecule has 0 spiro atoms. The maximum atomic E-state index is 13.3. The molecule has 0 unspecified atom stereocenters. The van der Waals surface area contributed by atoms with Gasteiger partial charge in [-0.05, 0) is 24.3 Å². The minimum atomic E-state index is -1.36. The van der Waals surface area contributed by atoms with Crippen molar-refractivity contribution in [2.24, 2.45) is 0 Å². The first-order valence-electron chi connectivity index (χ1n) is 7.63. The standard InChI is InChI=1S/C20H15NO3/c22-17-11-5-2-8-14(17)20(15-9-3-6-12-18(15)23)19(24)13-7-1-4-10-16(13)21-20/h1-12,21-23H. The molecule has 4 nitrogen and oxygen atoms in total. The number of phenolic OH excluding ortho intramolecular Hbond substituents is 2. The third-order valence-corrected chi connectivity index (χ3v) is 4.45. The third kappa shape index (κ3) is 1.83. The Balaban J connectivity index is 2.06.